The van der Waals surface area contributed by atoms with E-state index in [-0.39, 0.29) is 16.5 Å². The lowest BCUT2D eigenvalue weighted by Gasteiger charge is -2.33. The largest absolute Gasteiger partial charge is 0.381 e. The molecule has 144 valence electrons. The zero-order valence-electron chi connectivity index (χ0n) is 15.2. The quantitative estimate of drug-likeness (QED) is 0.814. The van der Waals surface area contributed by atoms with E-state index in [1.54, 1.807) is 0 Å². The third-order valence-electron chi connectivity index (χ3n) is 5.58. The molecule has 0 radical (unpaired) electrons. The van der Waals surface area contributed by atoms with E-state index < -0.39 is 5.82 Å². The number of halogens is 2. The Morgan fingerprint density at radius 3 is 2.58 bits per heavy atom. The summed E-state index contributed by atoms with van der Waals surface area (Å²) in [5.74, 6) is 0.565. The van der Waals surface area contributed by atoms with Gasteiger partial charge >= 0.3 is 0 Å². The molecule has 0 atom stereocenters. The zero-order chi connectivity index (χ0) is 18.4. The minimum atomic E-state index is -0.486. The number of amides is 1. The lowest BCUT2D eigenvalue weighted by atomic mass is 9.94. The maximum atomic E-state index is 13.4. The summed E-state index contributed by atoms with van der Waals surface area (Å²) in [7, 11) is 0. The van der Waals surface area contributed by atoms with Gasteiger partial charge in [-0.05, 0) is 81.8 Å². The van der Waals surface area contributed by atoms with Crippen LogP contribution in [0, 0.1) is 17.7 Å². The van der Waals surface area contributed by atoms with Gasteiger partial charge in [0, 0.05) is 30.3 Å². The Bertz CT molecular complexity index is 579. The first-order valence-corrected chi connectivity index (χ1v) is 10.0. The first-order valence-electron chi connectivity index (χ1n) is 9.64. The molecule has 0 aromatic heterocycles. The fraction of sp³-hybridized carbons (Fsp3) is 0.650. The number of carbonyl (C=O) groups excluding carboxylic acids is 1. The summed E-state index contributed by atoms with van der Waals surface area (Å²) in [5, 5.41) is 3.17. The highest BCUT2D eigenvalue weighted by molar-refractivity contribution is 6.31. The molecule has 2 aliphatic rings. The van der Waals surface area contributed by atoms with Gasteiger partial charge in [0.25, 0.3) is 5.91 Å². The molecule has 26 heavy (non-hydrogen) atoms. The average Bonchev–Trinajstić information content (AvgIpc) is 2.65. The Hall–Kier alpha value is -1.17. The number of ether oxygens (including phenoxy) is 1. The lowest BCUT2D eigenvalue weighted by molar-refractivity contribution is 0.0580. The molecular formula is C20H28ClFN2O2. The van der Waals surface area contributed by atoms with Crippen LogP contribution >= 0.6 is 11.6 Å². The van der Waals surface area contributed by atoms with Crippen molar-refractivity contribution in [3.63, 3.8) is 0 Å². The van der Waals surface area contributed by atoms with Crippen molar-refractivity contribution in [2.45, 2.75) is 32.1 Å². The van der Waals surface area contributed by atoms with Gasteiger partial charge in [0.1, 0.15) is 5.82 Å². The van der Waals surface area contributed by atoms with E-state index in [4.69, 9.17) is 16.3 Å². The fourth-order valence-corrected chi connectivity index (χ4v) is 4.06. The topological polar surface area (TPSA) is 41.6 Å². The monoisotopic (exact) mass is 382 g/mol. The molecule has 4 nitrogen and oxygen atoms in total. The number of likely N-dealkylation sites (tertiary alicyclic amines) is 1. The summed E-state index contributed by atoms with van der Waals surface area (Å²) in [5.41, 5.74) is 0.281. The first kappa shape index (κ1) is 19.6. The van der Waals surface area contributed by atoms with E-state index in [9.17, 15) is 9.18 Å². The van der Waals surface area contributed by atoms with E-state index in [1.165, 1.54) is 44.0 Å². The van der Waals surface area contributed by atoms with Crippen LogP contribution in [0.4, 0.5) is 4.39 Å². The van der Waals surface area contributed by atoms with E-state index in [0.717, 1.165) is 45.1 Å². The molecule has 2 aliphatic heterocycles. The van der Waals surface area contributed by atoms with Crippen molar-refractivity contribution in [2.75, 3.05) is 39.4 Å². The van der Waals surface area contributed by atoms with Gasteiger partial charge in [-0.1, -0.05) is 11.6 Å². The van der Waals surface area contributed by atoms with Crippen molar-refractivity contribution < 1.29 is 13.9 Å². The first-order chi connectivity index (χ1) is 12.6. The van der Waals surface area contributed by atoms with Gasteiger partial charge in [-0.15, -0.1) is 0 Å². The number of rotatable bonds is 6. The zero-order valence-corrected chi connectivity index (χ0v) is 15.9. The second kappa shape index (κ2) is 9.67. The van der Waals surface area contributed by atoms with Crippen LogP contribution in [-0.2, 0) is 4.74 Å². The van der Waals surface area contributed by atoms with Crippen LogP contribution in [0.1, 0.15) is 42.5 Å². The number of nitrogens with zero attached hydrogens (tertiary/aromatic N) is 1. The van der Waals surface area contributed by atoms with Crippen LogP contribution in [0.3, 0.4) is 0 Å². The van der Waals surface area contributed by atoms with Gasteiger partial charge in [-0.2, -0.15) is 0 Å². The van der Waals surface area contributed by atoms with E-state index in [2.05, 4.69) is 10.2 Å². The Morgan fingerprint density at radius 1 is 1.15 bits per heavy atom. The smallest absolute Gasteiger partial charge is 0.251 e. The predicted molar refractivity (Wildman–Crippen MR) is 101 cm³/mol. The highest BCUT2D eigenvalue weighted by Crippen LogP contribution is 2.22. The van der Waals surface area contributed by atoms with Crippen LogP contribution < -0.4 is 5.32 Å². The summed E-state index contributed by atoms with van der Waals surface area (Å²) >= 11 is 5.81. The second-order valence-corrected chi connectivity index (χ2v) is 7.93. The SMILES string of the molecule is O=C(NCC1CCN(CCC2CCOCC2)CC1)c1cc(F)cc(Cl)c1. The number of nitrogens with one attached hydrogen (secondary N) is 1. The molecule has 0 unspecified atom stereocenters. The van der Waals surface area contributed by atoms with Crippen LogP contribution in [0.25, 0.3) is 0 Å². The van der Waals surface area contributed by atoms with Gasteiger partial charge in [0.2, 0.25) is 0 Å². The van der Waals surface area contributed by atoms with Crippen LogP contribution in [-0.4, -0.2) is 50.2 Å². The average molecular weight is 383 g/mol. The molecule has 2 saturated heterocycles. The number of hydrogen-bond acceptors (Lipinski definition) is 3. The van der Waals surface area contributed by atoms with Crippen molar-refractivity contribution in [3.05, 3.63) is 34.6 Å². The molecule has 6 heteroatoms. The van der Waals surface area contributed by atoms with Crippen molar-refractivity contribution in [3.8, 4) is 0 Å². The lowest BCUT2D eigenvalue weighted by Crippen LogP contribution is -2.39. The van der Waals surface area contributed by atoms with Gasteiger partial charge in [0.05, 0.1) is 0 Å². The van der Waals surface area contributed by atoms with Gasteiger partial charge in [-0.3, -0.25) is 4.79 Å². The molecule has 1 aromatic rings. The molecule has 2 fully saturated rings. The van der Waals surface area contributed by atoms with E-state index in [0.29, 0.717) is 12.5 Å². The Kier molecular flexibility index (Phi) is 7.29. The second-order valence-electron chi connectivity index (χ2n) is 7.50. The third kappa shape index (κ3) is 5.93. The van der Waals surface area contributed by atoms with Gasteiger partial charge in [0.15, 0.2) is 0 Å². The molecule has 0 saturated carbocycles. The molecule has 0 spiro atoms. The minimum absolute atomic E-state index is 0.244. The third-order valence-corrected chi connectivity index (χ3v) is 5.80. The summed E-state index contributed by atoms with van der Waals surface area (Å²) in [6.07, 6.45) is 5.86. The Labute approximate surface area is 160 Å². The molecular weight excluding hydrogens is 355 g/mol. The summed E-state index contributed by atoms with van der Waals surface area (Å²) in [4.78, 5) is 14.7. The number of benzene rings is 1. The summed E-state index contributed by atoms with van der Waals surface area (Å²) in [6, 6.07) is 3.92. The number of hydrogen-bond donors (Lipinski definition) is 1. The van der Waals surface area contributed by atoms with Crippen molar-refractivity contribution in [2.24, 2.45) is 11.8 Å². The van der Waals surface area contributed by atoms with Crippen molar-refractivity contribution in [1.29, 1.82) is 0 Å². The molecule has 0 aliphatic carbocycles. The standard InChI is InChI=1S/C20H28ClFN2O2/c21-18-11-17(12-19(22)13-18)20(25)23-14-16-2-7-24(8-3-16)6-1-15-4-9-26-10-5-15/h11-13,15-16H,1-10,14H2,(H,23,25). The highest BCUT2D eigenvalue weighted by atomic mass is 35.5. The Morgan fingerprint density at radius 2 is 1.88 bits per heavy atom. The van der Waals surface area contributed by atoms with Crippen molar-refractivity contribution >= 4 is 17.5 Å². The van der Waals surface area contributed by atoms with Crippen LogP contribution in [0.15, 0.2) is 18.2 Å². The fourth-order valence-electron chi connectivity index (χ4n) is 3.84. The molecule has 1 aromatic carbocycles. The van der Waals surface area contributed by atoms with E-state index >= 15 is 0 Å². The van der Waals surface area contributed by atoms with Crippen molar-refractivity contribution in [1.82, 2.24) is 10.2 Å². The molecule has 2 heterocycles. The number of carbonyl (C=O) groups is 1. The normalized spacial score (nSPS) is 20.2. The number of piperidine rings is 1. The molecule has 3 rings (SSSR count). The molecule has 1 amide bonds. The maximum absolute atomic E-state index is 13.4. The molecule has 1 N–H and O–H groups in total. The van der Waals surface area contributed by atoms with Gasteiger partial charge < -0.3 is 15.0 Å². The van der Waals surface area contributed by atoms with Gasteiger partial charge in [-0.25, -0.2) is 4.39 Å². The summed E-state index contributed by atoms with van der Waals surface area (Å²) < 4.78 is 18.8. The Balaban J connectivity index is 1.35. The van der Waals surface area contributed by atoms with Crippen LogP contribution in [0.2, 0.25) is 5.02 Å². The van der Waals surface area contributed by atoms with Crippen LogP contribution in [0.5, 0.6) is 0 Å². The predicted octanol–water partition coefficient (Wildman–Crippen LogP) is 3.74. The molecule has 0 bridgehead atoms. The minimum Gasteiger partial charge on any atom is -0.381 e. The highest BCUT2D eigenvalue weighted by Gasteiger charge is 2.21. The maximum Gasteiger partial charge on any atom is 0.251 e. The summed E-state index contributed by atoms with van der Waals surface area (Å²) in [6.45, 7) is 5.84. The van der Waals surface area contributed by atoms with E-state index in [1.807, 2.05) is 0 Å².